The highest BCUT2D eigenvalue weighted by molar-refractivity contribution is 5.80. The van der Waals surface area contributed by atoms with Crippen molar-refractivity contribution in [2.24, 2.45) is 0 Å². The SMILES string of the molecule is CCCC(O)CNC(=O)Cc1ccccc1N. The number of nitrogens with one attached hydrogen (secondary N) is 1. The van der Waals surface area contributed by atoms with Crippen LogP contribution in [0, 0.1) is 0 Å². The molecule has 0 aliphatic rings. The number of nitrogens with two attached hydrogens (primary N) is 1. The topological polar surface area (TPSA) is 75.3 Å². The minimum atomic E-state index is -0.461. The van der Waals surface area contributed by atoms with E-state index < -0.39 is 6.10 Å². The lowest BCUT2D eigenvalue weighted by molar-refractivity contribution is -0.120. The highest BCUT2D eigenvalue weighted by Crippen LogP contribution is 2.10. The van der Waals surface area contributed by atoms with Crippen LogP contribution in [0.15, 0.2) is 24.3 Å². The summed E-state index contributed by atoms with van der Waals surface area (Å²) in [6.07, 6.45) is 1.40. The molecule has 94 valence electrons. The Morgan fingerprint density at radius 1 is 1.47 bits per heavy atom. The molecule has 0 bridgehead atoms. The fourth-order valence-corrected chi connectivity index (χ4v) is 1.60. The number of hydrogen-bond donors (Lipinski definition) is 3. The summed E-state index contributed by atoms with van der Waals surface area (Å²) in [5, 5.41) is 12.2. The van der Waals surface area contributed by atoms with Crippen molar-refractivity contribution < 1.29 is 9.90 Å². The second-order valence-electron chi connectivity index (χ2n) is 4.12. The summed E-state index contributed by atoms with van der Waals surface area (Å²) in [6, 6.07) is 7.29. The number of nitrogen functional groups attached to an aromatic ring is 1. The van der Waals surface area contributed by atoms with Gasteiger partial charge >= 0.3 is 0 Å². The molecule has 0 saturated heterocycles. The standard InChI is InChI=1S/C13H20N2O2/c1-2-5-11(16)9-15-13(17)8-10-6-3-4-7-12(10)14/h3-4,6-7,11,16H,2,5,8-9,14H2,1H3,(H,15,17). The zero-order valence-electron chi connectivity index (χ0n) is 10.1. The van der Waals surface area contributed by atoms with Crippen LogP contribution in [-0.4, -0.2) is 23.7 Å². The number of rotatable bonds is 6. The maximum Gasteiger partial charge on any atom is 0.224 e. The molecule has 0 saturated carbocycles. The molecule has 0 heterocycles. The van der Waals surface area contributed by atoms with Crippen molar-refractivity contribution in [2.45, 2.75) is 32.3 Å². The molecule has 4 N–H and O–H groups in total. The predicted molar refractivity (Wildman–Crippen MR) is 68.5 cm³/mol. The molecular formula is C13H20N2O2. The van der Waals surface area contributed by atoms with Gasteiger partial charge in [0.15, 0.2) is 0 Å². The Morgan fingerprint density at radius 2 is 2.18 bits per heavy atom. The summed E-state index contributed by atoms with van der Waals surface area (Å²) in [6.45, 7) is 2.30. The van der Waals surface area contributed by atoms with E-state index in [1.54, 1.807) is 6.07 Å². The van der Waals surface area contributed by atoms with Gasteiger partial charge in [0.05, 0.1) is 12.5 Å². The van der Waals surface area contributed by atoms with Gasteiger partial charge in [-0.3, -0.25) is 4.79 Å². The monoisotopic (exact) mass is 236 g/mol. The Morgan fingerprint density at radius 3 is 2.82 bits per heavy atom. The van der Waals surface area contributed by atoms with E-state index in [0.717, 1.165) is 12.0 Å². The average molecular weight is 236 g/mol. The number of aliphatic hydroxyl groups excluding tert-OH is 1. The average Bonchev–Trinajstić information content (AvgIpc) is 2.30. The number of anilines is 1. The van der Waals surface area contributed by atoms with Crippen molar-refractivity contribution in [1.82, 2.24) is 5.32 Å². The van der Waals surface area contributed by atoms with Gasteiger partial charge in [0, 0.05) is 12.2 Å². The fraction of sp³-hybridized carbons (Fsp3) is 0.462. The zero-order chi connectivity index (χ0) is 12.7. The molecule has 0 aromatic heterocycles. The first kappa shape index (κ1) is 13.5. The third-order valence-electron chi connectivity index (χ3n) is 2.56. The Bertz CT molecular complexity index is 366. The molecule has 17 heavy (non-hydrogen) atoms. The van der Waals surface area contributed by atoms with Gasteiger partial charge in [-0.05, 0) is 18.1 Å². The highest BCUT2D eigenvalue weighted by atomic mass is 16.3. The summed E-state index contributed by atoms with van der Waals surface area (Å²) in [4.78, 5) is 11.6. The normalized spacial score (nSPS) is 12.1. The Balaban J connectivity index is 2.37. The van der Waals surface area contributed by atoms with Gasteiger partial charge in [0.25, 0.3) is 0 Å². The summed E-state index contributed by atoms with van der Waals surface area (Å²) in [5.41, 5.74) is 7.18. The number of amides is 1. The number of carbonyl (C=O) groups excluding carboxylic acids is 1. The Kier molecular flexibility index (Phi) is 5.49. The molecule has 0 spiro atoms. The number of carbonyl (C=O) groups is 1. The van der Waals surface area contributed by atoms with Crippen LogP contribution in [0.2, 0.25) is 0 Å². The fourth-order valence-electron chi connectivity index (χ4n) is 1.60. The van der Waals surface area contributed by atoms with Crippen molar-refractivity contribution in [3.8, 4) is 0 Å². The largest absolute Gasteiger partial charge is 0.398 e. The first-order valence-electron chi connectivity index (χ1n) is 5.91. The van der Waals surface area contributed by atoms with Crippen LogP contribution in [0.3, 0.4) is 0 Å². The van der Waals surface area contributed by atoms with Gasteiger partial charge < -0.3 is 16.2 Å². The molecule has 1 atom stereocenters. The van der Waals surface area contributed by atoms with Crippen LogP contribution >= 0.6 is 0 Å². The molecule has 4 heteroatoms. The van der Waals surface area contributed by atoms with E-state index in [9.17, 15) is 9.90 Å². The second-order valence-corrected chi connectivity index (χ2v) is 4.12. The number of para-hydroxylation sites is 1. The van der Waals surface area contributed by atoms with Crippen molar-refractivity contribution in [3.63, 3.8) is 0 Å². The summed E-state index contributed by atoms with van der Waals surface area (Å²) < 4.78 is 0. The van der Waals surface area contributed by atoms with Gasteiger partial charge in [-0.15, -0.1) is 0 Å². The van der Waals surface area contributed by atoms with Gasteiger partial charge in [-0.2, -0.15) is 0 Å². The lowest BCUT2D eigenvalue weighted by atomic mass is 10.1. The molecule has 1 unspecified atom stereocenters. The molecule has 1 amide bonds. The van der Waals surface area contributed by atoms with Crippen LogP contribution in [0.4, 0.5) is 5.69 Å². The minimum absolute atomic E-state index is 0.113. The zero-order valence-corrected chi connectivity index (χ0v) is 10.1. The molecule has 0 radical (unpaired) electrons. The molecule has 1 aromatic carbocycles. The minimum Gasteiger partial charge on any atom is -0.398 e. The molecule has 4 nitrogen and oxygen atoms in total. The van der Waals surface area contributed by atoms with E-state index in [0.29, 0.717) is 18.7 Å². The molecular weight excluding hydrogens is 216 g/mol. The lowest BCUT2D eigenvalue weighted by Gasteiger charge is -2.11. The third kappa shape index (κ3) is 4.87. The van der Waals surface area contributed by atoms with Crippen LogP contribution in [-0.2, 0) is 11.2 Å². The van der Waals surface area contributed by atoms with Crippen molar-refractivity contribution in [1.29, 1.82) is 0 Å². The van der Waals surface area contributed by atoms with E-state index in [1.807, 2.05) is 25.1 Å². The predicted octanol–water partition coefficient (Wildman–Crippen LogP) is 1.09. The van der Waals surface area contributed by atoms with Crippen LogP contribution < -0.4 is 11.1 Å². The van der Waals surface area contributed by atoms with E-state index in [-0.39, 0.29) is 12.3 Å². The number of hydrogen-bond acceptors (Lipinski definition) is 3. The molecule has 1 aromatic rings. The van der Waals surface area contributed by atoms with Crippen LogP contribution in [0.25, 0.3) is 0 Å². The Labute approximate surface area is 102 Å². The molecule has 1 rings (SSSR count). The lowest BCUT2D eigenvalue weighted by Crippen LogP contribution is -2.33. The first-order chi connectivity index (χ1) is 8.13. The van der Waals surface area contributed by atoms with Gasteiger partial charge in [0.1, 0.15) is 0 Å². The third-order valence-corrected chi connectivity index (χ3v) is 2.56. The number of benzene rings is 1. The van der Waals surface area contributed by atoms with Gasteiger partial charge in [0.2, 0.25) is 5.91 Å². The number of aliphatic hydroxyl groups is 1. The van der Waals surface area contributed by atoms with E-state index >= 15 is 0 Å². The van der Waals surface area contributed by atoms with E-state index in [4.69, 9.17) is 5.73 Å². The highest BCUT2D eigenvalue weighted by Gasteiger charge is 2.08. The van der Waals surface area contributed by atoms with Crippen molar-refractivity contribution in [3.05, 3.63) is 29.8 Å². The summed E-state index contributed by atoms with van der Waals surface area (Å²) >= 11 is 0. The van der Waals surface area contributed by atoms with Gasteiger partial charge in [-0.1, -0.05) is 31.5 Å². The summed E-state index contributed by atoms with van der Waals surface area (Å²) in [7, 11) is 0. The maximum absolute atomic E-state index is 11.6. The quantitative estimate of drug-likeness (QED) is 0.647. The smallest absolute Gasteiger partial charge is 0.224 e. The first-order valence-corrected chi connectivity index (χ1v) is 5.91. The molecule has 0 fully saturated rings. The Hall–Kier alpha value is -1.55. The van der Waals surface area contributed by atoms with Gasteiger partial charge in [-0.25, -0.2) is 0 Å². The van der Waals surface area contributed by atoms with Crippen molar-refractivity contribution >= 4 is 11.6 Å². The van der Waals surface area contributed by atoms with Crippen LogP contribution in [0.5, 0.6) is 0 Å². The second kappa shape index (κ2) is 6.91. The molecule has 0 aliphatic carbocycles. The van der Waals surface area contributed by atoms with Crippen LogP contribution in [0.1, 0.15) is 25.3 Å². The molecule has 0 aliphatic heterocycles. The van der Waals surface area contributed by atoms with E-state index in [1.165, 1.54) is 0 Å². The summed E-state index contributed by atoms with van der Waals surface area (Å²) in [5.74, 6) is -0.113. The van der Waals surface area contributed by atoms with E-state index in [2.05, 4.69) is 5.32 Å². The maximum atomic E-state index is 11.6. The van der Waals surface area contributed by atoms with Crippen molar-refractivity contribution in [2.75, 3.05) is 12.3 Å².